The van der Waals surface area contributed by atoms with Gasteiger partial charge in [0, 0.05) is 26.4 Å². The van der Waals surface area contributed by atoms with Crippen molar-refractivity contribution in [3.05, 3.63) is 23.6 Å². The molecule has 0 aliphatic heterocycles. The molecule has 0 bridgehead atoms. The molecule has 0 aromatic carbocycles. The lowest BCUT2D eigenvalue weighted by Gasteiger charge is -2.32. The van der Waals surface area contributed by atoms with Crippen LogP contribution in [0.1, 0.15) is 41.5 Å². The number of hydrogen-bond donors (Lipinski definition) is 0. The van der Waals surface area contributed by atoms with Gasteiger partial charge in [-0.2, -0.15) is 0 Å². The molecule has 0 unspecified atom stereocenters. The maximum absolute atomic E-state index is 6.06. The first kappa shape index (κ1) is 21.8. The number of hydrogen-bond acceptors (Lipinski definition) is 4. The second-order valence-corrected chi connectivity index (χ2v) is 10.9. The highest BCUT2D eigenvalue weighted by atomic mass is 28.4. The van der Waals surface area contributed by atoms with E-state index in [9.17, 15) is 0 Å². The predicted molar refractivity (Wildman–Crippen MR) is 97.3 cm³/mol. The third-order valence-electron chi connectivity index (χ3n) is 3.22. The lowest BCUT2D eigenvalue weighted by atomic mass is 10.8. The van der Waals surface area contributed by atoms with Crippen LogP contribution in [0.5, 0.6) is 0 Å². The molecule has 0 amide bonds. The first-order chi connectivity index (χ1) is 10.6. The van der Waals surface area contributed by atoms with E-state index in [1.807, 2.05) is 53.7 Å². The fraction of sp³-hybridized carbons (Fsp3) is 0.750. The lowest BCUT2D eigenvalue weighted by molar-refractivity contribution is 0.183. The fourth-order valence-electron chi connectivity index (χ4n) is 2.56. The maximum Gasteiger partial charge on any atom is 0.364 e. The number of allylic oxidation sites excluding steroid dienone is 2. The van der Waals surface area contributed by atoms with Gasteiger partial charge in [-0.3, -0.25) is 0 Å². The third-order valence-corrected chi connectivity index (χ3v) is 10.4. The third kappa shape index (κ3) is 7.35. The van der Waals surface area contributed by atoms with Crippen LogP contribution in [-0.4, -0.2) is 43.5 Å². The summed E-state index contributed by atoms with van der Waals surface area (Å²) >= 11 is 0. The predicted octanol–water partition coefficient (Wildman–Crippen LogP) is 4.25. The van der Waals surface area contributed by atoms with Crippen molar-refractivity contribution in [1.29, 1.82) is 0 Å². The minimum atomic E-state index is -2.33. The molecule has 0 radical (unpaired) electrons. The summed E-state index contributed by atoms with van der Waals surface area (Å²) in [7, 11) is -4.66. The van der Waals surface area contributed by atoms with Gasteiger partial charge in [0.1, 0.15) is 0 Å². The first-order valence-corrected chi connectivity index (χ1v) is 12.6. The molecule has 130 valence electrons. The van der Waals surface area contributed by atoms with Crippen molar-refractivity contribution in [2.75, 3.05) is 26.4 Å². The summed E-state index contributed by atoms with van der Waals surface area (Å²) in [5, 5.41) is 0. The molecule has 0 saturated carbocycles. The summed E-state index contributed by atoms with van der Waals surface area (Å²) in [6, 6.07) is 1.71. The average molecular weight is 347 g/mol. The minimum Gasteiger partial charge on any atom is -0.392 e. The summed E-state index contributed by atoms with van der Waals surface area (Å²) in [4.78, 5) is 0. The van der Waals surface area contributed by atoms with E-state index in [0.717, 1.165) is 12.1 Å². The molecule has 0 fully saturated rings. The van der Waals surface area contributed by atoms with Crippen LogP contribution in [0.25, 0.3) is 0 Å². The van der Waals surface area contributed by atoms with Gasteiger partial charge in [0.2, 0.25) is 0 Å². The van der Waals surface area contributed by atoms with Gasteiger partial charge >= 0.3 is 17.1 Å². The van der Waals surface area contributed by atoms with E-state index in [0.29, 0.717) is 26.4 Å². The van der Waals surface area contributed by atoms with Crippen molar-refractivity contribution >= 4 is 17.1 Å². The van der Waals surface area contributed by atoms with Crippen molar-refractivity contribution in [3.63, 3.8) is 0 Å². The van der Waals surface area contributed by atoms with Crippen molar-refractivity contribution in [1.82, 2.24) is 0 Å². The Morgan fingerprint density at radius 1 is 0.591 bits per heavy atom. The van der Waals surface area contributed by atoms with Crippen molar-refractivity contribution in [3.8, 4) is 0 Å². The van der Waals surface area contributed by atoms with E-state index in [2.05, 4.69) is 11.4 Å². The second kappa shape index (κ2) is 12.2. The molecule has 4 nitrogen and oxygen atoms in total. The van der Waals surface area contributed by atoms with Crippen LogP contribution in [0.4, 0.5) is 0 Å². The highest BCUT2D eigenvalue weighted by Gasteiger charge is 2.41. The molecule has 0 aromatic heterocycles. The highest BCUT2D eigenvalue weighted by molar-refractivity contribution is 6.78. The molecule has 0 atom stereocenters. The van der Waals surface area contributed by atoms with E-state index < -0.39 is 17.1 Å². The van der Waals surface area contributed by atoms with Crippen LogP contribution < -0.4 is 0 Å². The molecule has 0 rings (SSSR count). The average Bonchev–Trinajstić information content (AvgIpc) is 2.47. The Morgan fingerprint density at radius 2 is 0.864 bits per heavy atom. The molecule has 0 heterocycles. The largest absolute Gasteiger partial charge is 0.392 e. The SMILES string of the molecule is CC=C[Si](CC[Si](C=CC)(OCC)OCC)(OCC)OCC. The van der Waals surface area contributed by atoms with Crippen LogP contribution in [0.3, 0.4) is 0 Å². The van der Waals surface area contributed by atoms with Gasteiger partial charge in [0.25, 0.3) is 0 Å². The van der Waals surface area contributed by atoms with Crippen LogP contribution in [0.15, 0.2) is 23.6 Å². The van der Waals surface area contributed by atoms with Crippen molar-refractivity contribution in [2.24, 2.45) is 0 Å². The zero-order valence-corrected chi connectivity index (χ0v) is 17.2. The standard InChI is InChI=1S/C16H34O4Si2/c1-7-13-21(17-9-3,18-10-4)15-16-22(14-8-2,19-11-5)20-12-6/h7-8,13-14H,9-12,15-16H2,1-6H3. The van der Waals surface area contributed by atoms with Gasteiger partial charge in [0.15, 0.2) is 0 Å². The quantitative estimate of drug-likeness (QED) is 0.467. The summed E-state index contributed by atoms with van der Waals surface area (Å²) in [5.41, 5.74) is 4.26. The summed E-state index contributed by atoms with van der Waals surface area (Å²) in [6.07, 6.45) is 4.08. The molecule has 22 heavy (non-hydrogen) atoms. The van der Waals surface area contributed by atoms with Gasteiger partial charge in [-0.25, -0.2) is 0 Å². The van der Waals surface area contributed by atoms with E-state index in [1.54, 1.807) is 0 Å². The molecular formula is C16H34O4Si2. The Balaban J connectivity index is 5.22. The minimum absolute atomic E-state index is 0.665. The van der Waals surface area contributed by atoms with E-state index in [4.69, 9.17) is 17.7 Å². The Morgan fingerprint density at radius 3 is 1.05 bits per heavy atom. The van der Waals surface area contributed by atoms with Crippen LogP contribution in [-0.2, 0) is 17.7 Å². The van der Waals surface area contributed by atoms with Crippen LogP contribution in [0.2, 0.25) is 12.1 Å². The summed E-state index contributed by atoms with van der Waals surface area (Å²) < 4.78 is 24.2. The molecule has 6 heteroatoms. The van der Waals surface area contributed by atoms with Crippen LogP contribution in [0, 0.1) is 0 Å². The van der Waals surface area contributed by atoms with Gasteiger partial charge < -0.3 is 17.7 Å². The summed E-state index contributed by atoms with van der Waals surface area (Å²) in [5.74, 6) is 0. The van der Waals surface area contributed by atoms with E-state index in [-0.39, 0.29) is 0 Å². The Kier molecular flexibility index (Phi) is 12.1. The molecule has 0 aromatic rings. The van der Waals surface area contributed by atoms with Crippen molar-refractivity contribution < 1.29 is 17.7 Å². The second-order valence-electron chi connectivity index (χ2n) is 4.86. The summed E-state index contributed by atoms with van der Waals surface area (Å²) in [6.45, 7) is 14.8. The molecule has 0 N–H and O–H groups in total. The van der Waals surface area contributed by atoms with Crippen molar-refractivity contribution in [2.45, 2.75) is 53.6 Å². The Bertz CT molecular complexity index is 288. The number of rotatable bonds is 13. The molecule has 0 spiro atoms. The lowest BCUT2D eigenvalue weighted by Crippen LogP contribution is -2.46. The van der Waals surface area contributed by atoms with E-state index in [1.165, 1.54) is 0 Å². The molecule has 0 aliphatic rings. The zero-order chi connectivity index (χ0) is 16.9. The highest BCUT2D eigenvalue weighted by Crippen LogP contribution is 2.26. The molecule has 0 saturated heterocycles. The Hall–Kier alpha value is -0.246. The van der Waals surface area contributed by atoms with E-state index >= 15 is 0 Å². The molecular weight excluding hydrogens is 312 g/mol. The molecule has 0 aliphatic carbocycles. The monoisotopic (exact) mass is 346 g/mol. The van der Waals surface area contributed by atoms with Gasteiger partial charge in [0.05, 0.1) is 0 Å². The first-order valence-electron chi connectivity index (χ1n) is 8.41. The van der Waals surface area contributed by atoms with Gasteiger partial charge in [-0.1, -0.05) is 12.2 Å². The van der Waals surface area contributed by atoms with Gasteiger partial charge in [-0.15, -0.1) is 0 Å². The van der Waals surface area contributed by atoms with Gasteiger partial charge in [-0.05, 0) is 65.0 Å². The fourth-order valence-corrected chi connectivity index (χ4v) is 9.78. The Labute approximate surface area is 139 Å². The maximum atomic E-state index is 6.06. The normalized spacial score (nSPS) is 13.5. The zero-order valence-electron chi connectivity index (χ0n) is 15.2. The smallest absolute Gasteiger partial charge is 0.364 e. The topological polar surface area (TPSA) is 36.9 Å². The van der Waals surface area contributed by atoms with Crippen LogP contribution >= 0.6 is 0 Å².